The van der Waals surface area contributed by atoms with E-state index in [0.29, 0.717) is 23.0 Å². The van der Waals surface area contributed by atoms with Crippen LogP contribution >= 0.6 is 15.9 Å². The fourth-order valence-electron chi connectivity index (χ4n) is 3.12. The lowest BCUT2D eigenvalue weighted by Crippen LogP contribution is -2.64. The summed E-state index contributed by atoms with van der Waals surface area (Å²) < 4.78 is 0.647. The molecule has 0 atom stereocenters. The van der Waals surface area contributed by atoms with E-state index in [1.54, 1.807) is 24.3 Å². The van der Waals surface area contributed by atoms with Crippen LogP contribution < -0.4 is 10.2 Å². The molecule has 1 aromatic rings. The third kappa shape index (κ3) is 2.18. The van der Waals surface area contributed by atoms with E-state index in [0.717, 1.165) is 24.2 Å². The zero-order valence-electron chi connectivity index (χ0n) is 11.4. The molecule has 1 aliphatic heterocycles. The highest BCUT2D eigenvalue weighted by Crippen LogP contribution is 2.42. The number of nitrogens with zero attached hydrogens (tertiary/aromatic N) is 1. The minimum Gasteiger partial charge on any atom is -0.276 e. The highest BCUT2D eigenvalue weighted by molar-refractivity contribution is 9.10. The van der Waals surface area contributed by atoms with Crippen molar-refractivity contribution in [1.82, 2.24) is 5.32 Å². The van der Waals surface area contributed by atoms with Gasteiger partial charge in [0.05, 0.1) is 5.69 Å². The number of benzene rings is 1. The third-order valence-corrected chi connectivity index (χ3v) is 4.94. The van der Waals surface area contributed by atoms with E-state index < -0.39 is 23.3 Å². The fourth-order valence-corrected chi connectivity index (χ4v) is 3.59. The van der Waals surface area contributed by atoms with Gasteiger partial charge in [0.2, 0.25) is 5.91 Å². The van der Waals surface area contributed by atoms with Crippen LogP contribution in [0.5, 0.6) is 0 Å². The average molecular weight is 351 g/mol. The van der Waals surface area contributed by atoms with Crippen LogP contribution in [-0.2, 0) is 9.59 Å². The summed E-state index contributed by atoms with van der Waals surface area (Å²) in [5.41, 5.74) is -0.612. The second kappa shape index (κ2) is 5.26. The van der Waals surface area contributed by atoms with Gasteiger partial charge in [-0.1, -0.05) is 31.4 Å². The normalized spacial score (nSPS) is 21.6. The maximum absolute atomic E-state index is 12.9. The zero-order chi connectivity index (χ0) is 15.0. The second-order valence-corrected chi connectivity index (χ2v) is 6.35. The van der Waals surface area contributed by atoms with Gasteiger partial charge in [-0.25, -0.2) is 9.69 Å². The van der Waals surface area contributed by atoms with Crippen LogP contribution in [-0.4, -0.2) is 17.8 Å². The van der Waals surface area contributed by atoms with Gasteiger partial charge in [-0.15, -0.1) is 0 Å². The molecular formula is C15H15BrN2O3. The number of anilines is 1. The van der Waals surface area contributed by atoms with E-state index in [2.05, 4.69) is 21.2 Å². The van der Waals surface area contributed by atoms with Gasteiger partial charge in [0, 0.05) is 4.47 Å². The van der Waals surface area contributed by atoms with Crippen molar-refractivity contribution in [3.63, 3.8) is 0 Å². The third-order valence-electron chi connectivity index (χ3n) is 4.27. The van der Waals surface area contributed by atoms with Crippen molar-refractivity contribution in [2.75, 3.05) is 4.90 Å². The Balaban J connectivity index is 2.05. The molecule has 1 aliphatic carbocycles. The van der Waals surface area contributed by atoms with E-state index >= 15 is 0 Å². The summed E-state index contributed by atoms with van der Waals surface area (Å²) in [5.74, 6) is -0.844. The molecule has 0 unspecified atom stereocenters. The van der Waals surface area contributed by atoms with Gasteiger partial charge in [-0.3, -0.25) is 14.9 Å². The van der Waals surface area contributed by atoms with Crippen LogP contribution in [0, 0.1) is 5.41 Å². The SMILES string of the molecule is O=C1NC(=O)C2(CCCCC2)C(=O)N1c1ccccc1Br. The topological polar surface area (TPSA) is 66.5 Å². The summed E-state index contributed by atoms with van der Waals surface area (Å²) in [6.07, 6.45) is 3.69. The van der Waals surface area contributed by atoms with Gasteiger partial charge < -0.3 is 0 Å². The smallest absolute Gasteiger partial charge is 0.276 e. The molecule has 0 radical (unpaired) electrons. The van der Waals surface area contributed by atoms with E-state index in [1.165, 1.54) is 0 Å². The van der Waals surface area contributed by atoms with Gasteiger partial charge in [0.15, 0.2) is 0 Å². The molecule has 1 saturated heterocycles. The van der Waals surface area contributed by atoms with Crippen LogP contribution in [0.1, 0.15) is 32.1 Å². The molecule has 6 heteroatoms. The molecule has 1 saturated carbocycles. The van der Waals surface area contributed by atoms with Gasteiger partial charge in [0.25, 0.3) is 5.91 Å². The first-order valence-corrected chi connectivity index (χ1v) is 7.80. The molecule has 110 valence electrons. The first-order valence-electron chi connectivity index (χ1n) is 7.01. The first kappa shape index (κ1) is 14.3. The summed E-state index contributed by atoms with van der Waals surface area (Å²) >= 11 is 3.36. The molecule has 2 fully saturated rings. The molecule has 5 nitrogen and oxygen atoms in total. The van der Waals surface area contributed by atoms with Gasteiger partial charge >= 0.3 is 6.03 Å². The minimum atomic E-state index is -1.08. The van der Waals surface area contributed by atoms with E-state index in [4.69, 9.17) is 0 Å². The van der Waals surface area contributed by atoms with Crippen molar-refractivity contribution in [3.05, 3.63) is 28.7 Å². The first-order chi connectivity index (χ1) is 10.1. The van der Waals surface area contributed by atoms with Crippen molar-refractivity contribution >= 4 is 39.5 Å². The highest BCUT2D eigenvalue weighted by Gasteiger charge is 2.54. The Kier molecular flexibility index (Phi) is 3.57. The number of hydrogen-bond acceptors (Lipinski definition) is 3. The number of carbonyl (C=O) groups excluding carboxylic acids is 3. The minimum absolute atomic E-state index is 0.400. The molecule has 1 spiro atoms. The number of urea groups is 1. The lowest BCUT2D eigenvalue weighted by atomic mass is 9.71. The highest BCUT2D eigenvalue weighted by atomic mass is 79.9. The number of amides is 4. The number of hydrogen-bond donors (Lipinski definition) is 1. The summed E-state index contributed by atoms with van der Waals surface area (Å²) in [5, 5.41) is 2.35. The van der Waals surface area contributed by atoms with Gasteiger partial charge in [-0.05, 0) is 40.9 Å². The number of para-hydroxylation sites is 1. The molecule has 3 rings (SSSR count). The summed E-state index contributed by atoms with van der Waals surface area (Å²) in [6.45, 7) is 0. The number of imide groups is 2. The maximum atomic E-state index is 12.9. The van der Waals surface area contributed by atoms with Gasteiger partial charge in [-0.2, -0.15) is 0 Å². The molecule has 2 aliphatic rings. The molecule has 1 aromatic carbocycles. The van der Waals surface area contributed by atoms with Crippen molar-refractivity contribution in [1.29, 1.82) is 0 Å². The monoisotopic (exact) mass is 350 g/mol. The average Bonchev–Trinajstić information content (AvgIpc) is 2.48. The Hall–Kier alpha value is -1.69. The van der Waals surface area contributed by atoms with Crippen molar-refractivity contribution in [3.8, 4) is 0 Å². The lowest BCUT2D eigenvalue weighted by molar-refractivity contribution is -0.144. The second-order valence-electron chi connectivity index (χ2n) is 5.49. The van der Waals surface area contributed by atoms with Crippen molar-refractivity contribution in [2.24, 2.45) is 5.41 Å². The molecule has 1 N–H and O–H groups in total. The van der Waals surface area contributed by atoms with Crippen LogP contribution in [0.3, 0.4) is 0 Å². The van der Waals surface area contributed by atoms with E-state index in [9.17, 15) is 14.4 Å². The number of rotatable bonds is 1. The Labute approximate surface area is 130 Å². The number of nitrogens with one attached hydrogen (secondary N) is 1. The molecule has 0 aromatic heterocycles. The Morgan fingerprint density at radius 2 is 1.71 bits per heavy atom. The summed E-state index contributed by atoms with van der Waals surface area (Å²) in [4.78, 5) is 38.4. The van der Waals surface area contributed by atoms with Crippen LogP contribution in [0.15, 0.2) is 28.7 Å². The molecular weight excluding hydrogens is 336 g/mol. The fraction of sp³-hybridized carbons (Fsp3) is 0.400. The quantitative estimate of drug-likeness (QED) is 0.791. The standard InChI is InChI=1S/C15H15BrN2O3/c16-10-6-2-3-7-11(10)18-13(20)15(8-4-1-5-9-15)12(19)17-14(18)21/h2-3,6-7H,1,4-5,8-9H2,(H,17,19,21). The number of barbiturate groups is 1. The predicted molar refractivity (Wildman–Crippen MR) is 80.7 cm³/mol. The summed E-state index contributed by atoms with van der Waals surface area (Å²) in [6, 6.07) is 6.34. The van der Waals surface area contributed by atoms with Crippen molar-refractivity contribution < 1.29 is 14.4 Å². The zero-order valence-corrected chi connectivity index (χ0v) is 13.0. The Bertz CT molecular complexity index is 623. The number of halogens is 1. The van der Waals surface area contributed by atoms with Crippen LogP contribution in [0.2, 0.25) is 0 Å². The van der Waals surface area contributed by atoms with Gasteiger partial charge in [0.1, 0.15) is 5.41 Å². The molecule has 1 heterocycles. The summed E-state index contributed by atoms with van der Waals surface area (Å²) in [7, 11) is 0. The Morgan fingerprint density at radius 3 is 2.38 bits per heavy atom. The van der Waals surface area contributed by atoms with E-state index in [-0.39, 0.29) is 0 Å². The van der Waals surface area contributed by atoms with Crippen LogP contribution in [0.25, 0.3) is 0 Å². The van der Waals surface area contributed by atoms with E-state index in [1.807, 2.05) is 0 Å². The van der Waals surface area contributed by atoms with Crippen molar-refractivity contribution in [2.45, 2.75) is 32.1 Å². The predicted octanol–water partition coefficient (Wildman–Crippen LogP) is 2.98. The maximum Gasteiger partial charge on any atom is 0.335 e. The van der Waals surface area contributed by atoms with Crippen LogP contribution in [0.4, 0.5) is 10.5 Å². The Morgan fingerprint density at radius 1 is 1.05 bits per heavy atom. The largest absolute Gasteiger partial charge is 0.335 e. The molecule has 4 amide bonds. The number of carbonyl (C=O) groups is 3. The molecule has 21 heavy (non-hydrogen) atoms. The molecule has 0 bridgehead atoms. The lowest BCUT2D eigenvalue weighted by Gasteiger charge is -2.41.